The van der Waals surface area contributed by atoms with Gasteiger partial charge in [-0.25, -0.2) is 9.67 Å². The van der Waals surface area contributed by atoms with Crippen LogP contribution in [0.15, 0.2) is 53.7 Å². The lowest BCUT2D eigenvalue weighted by atomic mass is 10.1. The summed E-state index contributed by atoms with van der Waals surface area (Å²) in [4.78, 5) is 13.5. The zero-order chi connectivity index (χ0) is 20.9. The predicted molar refractivity (Wildman–Crippen MR) is 119 cm³/mol. The molecule has 30 heavy (non-hydrogen) atoms. The summed E-state index contributed by atoms with van der Waals surface area (Å²) >= 11 is 0. The average Bonchev–Trinajstić information content (AvgIpc) is 3.21. The second-order valence-electron chi connectivity index (χ2n) is 7.94. The molecule has 1 aliphatic heterocycles. The smallest absolute Gasteiger partial charge is 0.191 e. The van der Waals surface area contributed by atoms with Crippen molar-refractivity contribution in [2.24, 2.45) is 4.99 Å². The minimum absolute atomic E-state index is 0.283. The van der Waals surface area contributed by atoms with Gasteiger partial charge in [0.25, 0.3) is 0 Å². The molecule has 156 valence electrons. The molecule has 3 aromatic rings. The zero-order valence-corrected chi connectivity index (χ0v) is 17.8. The standard InChI is InChI=1S/C23H29N7/c1-16(2)22-28-21-11-10-19(15-30(21)29-22)27-23(24-3)26-14-17-7-6-8-18(13-17)20-9-4-5-12-25-20/h4-9,12-13,16,19H,10-11,14-15H2,1-3H3,(H2,24,26,27). The Labute approximate surface area is 177 Å². The number of aromatic nitrogens is 4. The van der Waals surface area contributed by atoms with Crippen LogP contribution in [0.3, 0.4) is 0 Å². The molecule has 0 radical (unpaired) electrons. The topological polar surface area (TPSA) is 80.0 Å². The van der Waals surface area contributed by atoms with Gasteiger partial charge in [0.2, 0.25) is 0 Å². The number of benzene rings is 1. The Morgan fingerprint density at radius 3 is 2.90 bits per heavy atom. The van der Waals surface area contributed by atoms with Crippen LogP contribution in [0, 0.1) is 0 Å². The summed E-state index contributed by atoms with van der Waals surface area (Å²) in [7, 11) is 1.81. The van der Waals surface area contributed by atoms with Crippen molar-refractivity contribution in [1.29, 1.82) is 0 Å². The Morgan fingerprint density at radius 2 is 2.13 bits per heavy atom. The third-order valence-electron chi connectivity index (χ3n) is 5.30. The molecule has 1 unspecified atom stereocenters. The van der Waals surface area contributed by atoms with Crippen LogP contribution < -0.4 is 10.6 Å². The number of hydrogen-bond acceptors (Lipinski definition) is 4. The molecule has 1 aromatic carbocycles. The van der Waals surface area contributed by atoms with Crippen LogP contribution in [-0.2, 0) is 19.5 Å². The number of aliphatic imine (C=N–C) groups is 1. The van der Waals surface area contributed by atoms with E-state index in [0.29, 0.717) is 12.5 Å². The minimum Gasteiger partial charge on any atom is -0.352 e. The molecule has 0 bridgehead atoms. The van der Waals surface area contributed by atoms with Gasteiger partial charge in [0, 0.05) is 43.7 Å². The van der Waals surface area contributed by atoms with Crippen molar-refractivity contribution in [3.63, 3.8) is 0 Å². The largest absolute Gasteiger partial charge is 0.352 e. The molecule has 1 atom stereocenters. The molecule has 0 fully saturated rings. The van der Waals surface area contributed by atoms with Crippen LogP contribution in [0.4, 0.5) is 0 Å². The van der Waals surface area contributed by atoms with E-state index in [1.165, 1.54) is 5.56 Å². The lowest BCUT2D eigenvalue weighted by Crippen LogP contribution is -2.46. The summed E-state index contributed by atoms with van der Waals surface area (Å²) in [5.41, 5.74) is 3.28. The zero-order valence-electron chi connectivity index (χ0n) is 17.8. The Kier molecular flexibility index (Phi) is 6.07. The van der Waals surface area contributed by atoms with E-state index < -0.39 is 0 Å². The number of nitrogens with zero attached hydrogens (tertiary/aromatic N) is 5. The van der Waals surface area contributed by atoms with Gasteiger partial charge in [-0.15, -0.1) is 0 Å². The van der Waals surface area contributed by atoms with Crippen LogP contribution in [0.2, 0.25) is 0 Å². The van der Waals surface area contributed by atoms with Crippen LogP contribution in [-0.4, -0.2) is 38.8 Å². The maximum absolute atomic E-state index is 4.67. The van der Waals surface area contributed by atoms with Crippen molar-refractivity contribution in [3.8, 4) is 11.3 Å². The van der Waals surface area contributed by atoms with Gasteiger partial charge >= 0.3 is 0 Å². The normalized spacial score (nSPS) is 16.4. The highest BCUT2D eigenvalue weighted by Gasteiger charge is 2.23. The van der Waals surface area contributed by atoms with E-state index >= 15 is 0 Å². The van der Waals surface area contributed by atoms with Crippen LogP contribution in [0.25, 0.3) is 11.3 Å². The van der Waals surface area contributed by atoms with Gasteiger partial charge in [-0.3, -0.25) is 9.98 Å². The fraction of sp³-hybridized carbons (Fsp3) is 0.391. The third kappa shape index (κ3) is 4.67. The van der Waals surface area contributed by atoms with Gasteiger partial charge in [-0.2, -0.15) is 5.10 Å². The highest BCUT2D eigenvalue weighted by atomic mass is 15.4. The quantitative estimate of drug-likeness (QED) is 0.505. The summed E-state index contributed by atoms with van der Waals surface area (Å²) in [5.74, 6) is 3.17. The number of hydrogen-bond donors (Lipinski definition) is 2. The van der Waals surface area contributed by atoms with E-state index in [9.17, 15) is 0 Å². The van der Waals surface area contributed by atoms with Gasteiger partial charge in [-0.05, 0) is 30.2 Å². The van der Waals surface area contributed by atoms with E-state index in [4.69, 9.17) is 0 Å². The van der Waals surface area contributed by atoms with Crippen molar-refractivity contribution in [2.75, 3.05) is 7.05 Å². The lowest BCUT2D eigenvalue weighted by molar-refractivity contribution is 0.391. The highest BCUT2D eigenvalue weighted by Crippen LogP contribution is 2.18. The summed E-state index contributed by atoms with van der Waals surface area (Å²) in [6.45, 7) is 5.77. The number of fused-ring (bicyclic) bond motifs is 1. The average molecular weight is 404 g/mol. The molecule has 4 rings (SSSR count). The van der Waals surface area contributed by atoms with Crippen LogP contribution in [0.1, 0.15) is 43.4 Å². The molecule has 0 saturated carbocycles. The van der Waals surface area contributed by atoms with Crippen molar-refractivity contribution in [1.82, 2.24) is 30.4 Å². The lowest BCUT2D eigenvalue weighted by Gasteiger charge is -2.25. The van der Waals surface area contributed by atoms with E-state index in [1.54, 1.807) is 7.05 Å². The molecule has 0 saturated heterocycles. The van der Waals surface area contributed by atoms with Crippen molar-refractivity contribution < 1.29 is 0 Å². The number of aryl methyl sites for hydroxylation is 1. The molecule has 1 aliphatic rings. The minimum atomic E-state index is 0.283. The van der Waals surface area contributed by atoms with E-state index in [1.807, 2.05) is 29.1 Å². The van der Waals surface area contributed by atoms with E-state index in [2.05, 4.69) is 68.8 Å². The monoisotopic (exact) mass is 403 g/mol. The Bertz CT molecular complexity index is 1010. The van der Waals surface area contributed by atoms with Crippen molar-refractivity contribution >= 4 is 5.96 Å². The number of pyridine rings is 1. The molecular weight excluding hydrogens is 374 g/mol. The van der Waals surface area contributed by atoms with Gasteiger partial charge in [0.1, 0.15) is 5.82 Å². The van der Waals surface area contributed by atoms with E-state index in [0.717, 1.165) is 48.3 Å². The molecule has 0 aliphatic carbocycles. The Morgan fingerprint density at radius 1 is 1.23 bits per heavy atom. The molecule has 0 spiro atoms. The predicted octanol–water partition coefficient (Wildman–Crippen LogP) is 3.14. The van der Waals surface area contributed by atoms with Crippen LogP contribution >= 0.6 is 0 Å². The maximum Gasteiger partial charge on any atom is 0.191 e. The third-order valence-corrected chi connectivity index (χ3v) is 5.30. The summed E-state index contributed by atoms with van der Waals surface area (Å²) in [6, 6.07) is 14.7. The fourth-order valence-electron chi connectivity index (χ4n) is 3.64. The Hall–Kier alpha value is -3.22. The molecule has 7 heteroatoms. The molecule has 0 amide bonds. The fourth-order valence-corrected chi connectivity index (χ4v) is 3.64. The van der Waals surface area contributed by atoms with Crippen LogP contribution in [0.5, 0.6) is 0 Å². The first-order chi connectivity index (χ1) is 14.6. The highest BCUT2D eigenvalue weighted by molar-refractivity contribution is 5.80. The number of guanidine groups is 1. The molecule has 3 heterocycles. The first-order valence-corrected chi connectivity index (χ1v) is 10.5. The first kappa shape index (κ1) is 20.1. The molecular formula is C23H29N7. The molecule has 7 nitrogen and oxygen atoms in total. The summed E-state index contributed by atoms with van der Waals surface area (Å²) in [5, 5.41) is 11.6. The van der Waals surface area contributed by atoms with Gasteiger partial charge in [0.15, 0.2) is 11.8 Å². The number of nitrogens with one attached hydrogen (secondary N) is 2. The summed E-state index contributed by atoms with van der Waals surface area (Å²) < 4.78 is 2.04. The van der Waals surface area contributed by atoms with Crippen molar-refractivity contribution in [2.45, 2.75) is 51.7 Å². The first-order valence-electron chi connectivity index (χ1n) is 10.5. The SMILES string of the molecule is CN=C(NCc1cccc(-c2ccccn2)c1)NC1CCc2nc(C(C)C)nn2C1. The van der Waals surface area contributed by atoms with E-state index in [-0.39, 0.29) is 6.04 Å². The number of rotatable bonds is 5. The Balaban J connectivity index is 1.36. The van der Waals surface area contributed by atoms with Gasteiger partial charge in [0.05, 0.1) is 12.2 Å². The van der Waals surface area contributed by atoms with Crippen molar-refractivity contribution in [3.05, 3.63) is 65.9 Å². The second kappa shape index (κ2) is 9.07. The van der Waals surface area contributed by atoms with Gasteiger partial charge < -0.3 is 10.6 Å². The van der Waals surface area contributed by atoms with Gasteiger partial charge in [-0.1, -0.05) is 38.1 Å². The molecule has 2 aromatic heterocycles. The maximum atomic E-state index is 4.67. The second-order valence-corrected chi connectivity index (χ2v) is 7.94. The summed E-state index contributed by atoms with van der Waals surface area (Å²) in [6.07, 6.45) is 3.77. The molecule has 2 N–H and O–H groups in total.